The van der Waals surface area contributed by atoms with Gasteiger partial charge in [-0.1, -0.05) is 17.7 Å². The first-order valence-electron chi connectivity index (χ1n) is 11.3. The standard InChI is InChI=1S/C24H30ClFN6O2/c1-31-10-12-32(13-11-31)9-4-14-34-21-8-7-17(15-22(21)33-2)23-28-24(30-29-23)27-16-18-19(25)5-3-6-20(18)26/h3,5-8,15H,4,9-14,16H2,1-2H3,(H2,27,28,29,30). The second-order valence-electron chi connectivity index (χ2n) is 8.27. The molecule has 1 saturated heterocycles. The molecule has 8 nitrogen and oxygen atoms in total. The molecule has 0 radical (unpaired) electrons. The zero-order chi connectivity index (χ0) is 23.9. The molecular formula is C24H30ClFN6O2. The quantitative estimate of drug-likeness (QED) is 0.419. The number of hydrogen-bond acceptors (Lipinski definition) is 7. The van der Waals surface area contributed by atoms with Gasteiger partial charge in [0.1, 0.15) is 5.82 Å². The minimum absolute atomic E-state index is 0.185. The summed E-state index contributed by atoms with van der Waals surface area (Å²) >= 11 is 6.08. The highest BCUT2D eigenvalue weighted by molar-refractivity contribution is 6.31. The Hall–Kier alpha value is -2.88. The number of likely N-dealkylation sites (N-methyl/N-ethyl adjacent to an activating group) is 1. The molecule has 2 N–H and O–H groups in total. The van der Waals surface area contributed by atoms with E-state index in [1.165, 1.54) is 6.07 Å². The van der Waals surface area contributed by atoms with Crippen LogP contribution in [-0.4, -0.2) is 78.5 Å². The van der Waals surface area contributed by atoms with E-state index in [0.717, 1.165) is 44.7 Å². The third-order valence-corrected chi connectivity index (χ3v) is 6.23. The summed E-state index contributed by atoms with van der Waals surface area (Å²) in [6, 6.07) is 10.2. The van der Waals surface area contributed by atoms with Gasteiger partial charge in [0.2, 0.25) is 5.95 Å². The van der Waals surface area contributed by atoms with E-state index >= 15 is 0 Å². The Morgan fingerprint density at radius 1 is 1.15 bits per heavy atom. The van der Waals surface area contributed by atoms with E-state index in [4.69, 9.17) is 21.1 Å². The van der Waals surface area contributed by atoms with Crippen molar-refractivity contribution in [2.75, 3.05) is 58.8 Å². The fraction of sp³-hybridized carbons (Fsp3) is 0.417. The molecule has 182 valence electrons. The van der Waals surface area contributed by atoms with E-state index in [1.807, 2.05) is 18.2 Å². The van der Waals surface area contributed by atoms with Gasteiger partial charge in [-0.3, -0.25) is 0 Å². The number of rotatable bonds is 10. The first-order chi connectivity index (χ1) is 16.5. The van der Waals surface area contributed by atoms with Crippen molar-refractivity contribution in [2.45, 2.75) is 13.0 Å². The number of piperazine rings is 1. The van der Waals surface area contributed by atoms with Gasteiger partial charge in [-0.2, -0.15) is 10.1 Å². The van der Waals surface area contributed by atoms with Crippen molar-refractivity contribution in [3.05, 3.63) is 52.8 Å². The maximum absolute atomic E-state index is 14.0. The summed E-state index contributed by atoms with van der Waals surface area (Å²) in [4.78, 5) is 9.27. The van der Waals surface area contributed by atoms with Gasteiger partial charge in [-0.05, 0) is 43.8 Å². The Morgan fingerprint density at radius 3 is 2.74 bits per heavy atom. The largest absolute Gasteiger partial charge is 0.493 e. The van der Waals surface area contributed by atoms with Crippen LogP contribution in [0.15, 0.2) is 36.4 Å². The highest BCUT2D eigenvalue weighted by atomic mass is 35.5. The van der Waals surface area contributed by atoms with Crippen LogP contribution in [-0.2, 0) is 6.54 Å². The van der Waals surface area contributed by atoms with Gasteiger partial charge in [-0.15, -0.1) is 0 Å². The normalized spacial score (nSPS) is 14.8. The molecule has 0 unspecified atom stereocenters. The number of methoxy groups -OCH3 is 1. The minimum atomic E-state index is -0.372. The lowest BCUT2D eigenvalue weighted by atomic mass is 10.2. The lowest BCUT2D eigenvalue weighted by Gasteiger charge is -2.32. The molecule has 0 bridgehead atoms. The van der Waals surface area contributed by atoms with Crippen LogP contribution in [0.5, 0.6) is 11.5 Å². The number of ether oxygens (including phenoxy) is 2. The summed E-state index contributed by atoms with van der Waals surface area (Å²) < 4.78 is 25.5. The number of nitrogens with zero attached hydrogens (tertiary/aromatic N) is 4. The average molecular weight is 489 g/mol. The highest BCUT2D eigenvalue weighted by Crippen LogP contribution is 2.32. The van der Waals surface area contributed by atoms with Crippen molar-refractivity contribution in [2.24, 2.45) is 0 Å². The van der Waals surface area contributed by atoms with Crippen molar-refractivity contribution in [1.82, 2.24) is 25.0 Å². The predicted molar refractivity (Wildman–Crippen MR) is 131 cm³/mol. The summed E-state index contributed by atoms with van der Waals surface area (Å²) in [5.41, 5.74) is 1.15. The molecule has 3 aromatic rings. The number of aromatic amines is 1. The molecule has 2 heterocycles. The zero-order valence-electron chi connectivity index (χ0n) is 19.5. The van der Waals surface area contributed by atoms with Gasteiger partial charge in [0, 0.05) is 55.4 Å². The summed E-state index contributed by atoms with van der Waals surface area (Å²) in [6.07, 6.45) is 0.955. The molecule has 0 saturated carbocycles. The maximum Gasteiger partial charge on any atom is 0.219 e. The Labute approximate surface area is 204 Å². The van der Waals surface area contributed by atoms with E-state index in [9.17, 15) is 4.39 Å². The van der Waals surface area contributed by atoms with Crippen LogP contribution in [0.4, 0.5) is 10.3 Å². The molecule has 1 aromatic heterocycles. The second-order valence-corrected chi connectivity index (χ2v) is 8.68. The van der Waals surface area contributed by atoms with Crippen molar-refractivity contribution < 1.29 is 13.9 Å². The van der Waals surface area contributed by atoms with Gasteiger partial charge in [-0.25, -0.2) is 9.49 Å². The van der Waals surface area contributed by atoms with E-state index < -0.39 is 0 Å². The molecular weight excluding hydrogens is 459 g/mol. The molecule has 1 fully saturated rings. The predicted octanol–water partition coefficient (Wildman–Crippen LogP) is 3.90. The van der Waals surface area contributed by atoms with Crippen LogP contribution >= 0.6 is 11.6 Å². The number of hydrogen-bond donors (Lipinski definition) is 2. The first kappa shape index (κ1) is 24.3. The summed E-state index contributed by atoms with van der Waals surface area (Å²) in [7, 11) is 3.77. The van der Waals surface area contributed by atoms with Crippen LogP contribution in [0, 0.1) is 5.82 Å². The molecule has 10 heteroatoms. The Kier molecular flexibility index (Phi) is 8.21. The van der Waals surface area contributed by atoms with E-state index in [1.54, 1.807) is 19.2 Å². The molecule has 0 amide bonds. The van der Waals surface area contributed by atoms with E-state index in [0.29, 0.717) is 40.5 Å². The Balaban J connectivity index is 1.32. The second kappa shape index (κ2) is 11.5. The van der Waals surface area contributed by atoms with Gasteiger partial charge in [0.05, 0.1) is 13.7 Å². The number of benzene rings is 2. The molecule has 0 atom stereocenters. The van der Waals surface area contributed by atoms with E-state index in [-0.39, 0.29) is 12.4 Å². The highest BCUT2D eigenvalue weighted by Gasteiger charge is 2.14. The number of H-pyrrole nitrogens is 1. The summed E-state index contributed by atoms with van der Waals surface area (Å²) in [6.45, 7) is 6.28. The average Bonchev–Trinajstić information content (AvgIpc) is 3.32. The molecule has 0 spiro atoms. The molecule has 0 aliphatic carbocycles. The lowest BCUT2D eigenvalue weighted by molar-refractivity contribution is 0.145. The van der Waals surface area contributed by atoms with Crippen LogP contribution in [0.25, 0.3) is 11.4 Å². The fourth-order valence-electron chi connectivity index (χ4n) is 3.81. The van der Waals surface area contributed by atoms with Crippen molar-refractivity contribution >= 4 is 17.5 Å². The van der Waals surface area contributed by atoms with Crippen LogP contribution in [0.2, 0.25) is 5.02 Å². The number of anilines is 1. The molecule has 34 heavy (non-hydrogen) atoms. The lowest BCUT2D eigenvalue weighted by Crippen LogP contribution is -2.44. The smallest absolute Gasteiger partial charge is 0.219 e. The summed E-state index contributed by atoms with van der Waals surface area (Å²) in [5, 5.41) is 10.5. The zero-order valence-corrected chi connectivity index (χ0v) is 20.2. The molecule has 4 rings (SSSR count). The summed E-state index contributed by atoms with van der Waals surface area (Å²) in [5.74, 6) is 1.84. The topological polar surface area (TPSA) is 78.5 Å². The number of aromatic nitrogens is 3. The van der Waals surface area contributed by atoms with Crippen molar-refractivity contribution in [3.63, 3.8) is 0 Å². The van der Waals surface area contributed by atoms with Gasteiger partial charge >= 0.3 is 0 Å². The molecule has 1 aliphatic heterocycles. The van der Waals surface area contributed by atoms with Gasteiger partial charge in [0.15, 0.2) is 17.3 Å². The SMILES string of the molecule is COc1cc(-c2n[nH]c(NCc3c(F)cccc3Cl)n2)ccc1OCCCN1CCN(C)CC1. The monoisotopic (exact) mass is 488 g/mol. The van der Waals surface area contributed by atoms with Gasteiger partial charge < -0.3 is 24.6 Å². The molecule has 2 aromatic carbocycles. The van der Waals surface area contributed by atoms with E-state index in [2.05, 4.69) is 37.3 Å². The third kappa shape index (κ3) is 6.16. The number of halogens is 2. The first-order valence-corrected chi connectivity index (χ1v) is 11.7. The fourth-order valence-corrected chi connectivity index (χ4v) is 4.04. The number of nitrogens with one attached hydrogen (secondary N) is 2. The van der Waals surface area contributed by atoms with Crippen LogP contribution < -0.4 is 14.8 Å². The van der Waals surface area contributed by atoms with Crippen LogP contribution in [0.1, 0.15) is 12.0 Å². The van der Waals surface area contributed by atoms with Gasteiger partial charge in [0.25, 0.3) is 0 Å². The van der Waals surface area contributed by atoms with Crippen molar-refractivity contribution in [1.29, 1.82) is 0 Å². The maximum atomic E-state index is 14.0. The third-order valence-electron chi connectivity index (χ3n) is 5.87. The Bertz CT molecular complexity index is 1070. The minimum Gasteiger partial charge on any atom is -0.493 e. The van der Waals surface area contributed by atoms with Crippen molar-refractivity contribution in [3.8, 4) is 22.9 Å². The Morgan fingerprint density at radius 2 is 1.97 bits per heavy atom. The molecule has 1 aliphatic rings. The van der Waals surface area contributed by atoms with Crippen LogP contribution in [0.3, 0.4) is 0 Å².